The van der Waals surface area contributed by atoms with E-state index in [0.29, 0.717) is 25.6 Å². The Kier molecular flexibility index (Phi) is 4.62. The molecular weight excluding hydrogens is 369 g/mol. The molecule has 120 valence electrons. The fourth-order valence-electron chi connectivity index (χ4n) is 2.02. The summed E-state index contributed by atoms with van der Waals surface area (Å²) in [6.45, 7) is 1.75. The number of carbonyl (C=O) groups excluding carboxylic acids is 1. The molecule has 3 aromatic rings. The maximum Gasteiger partial charge on any atom is 0.267 e. The van der Waals surface area contributed by atoms with Crippen molar-refractivity contribution in [1.29, 1.82) is 5.26 Å². The predicted molar refractivity (Wildman–Crippen MR) is 94.2 cm³/mol. The molecule has 2 heterocycles. The molecule has 0 atom stereocenters. The van der Waals surface area contributed by atoms with Crippen LogP contribution in [0.1, 0.15) is 20.9 Å². The molecule has 0 unspecified atom stereocenters. The monoisotopic (exact) mass is 377 g/mol. The summed E-state index contributed by atoms with van der Waals surface area (Å²) in [5.41, 5.74) is 0.828. The molecule has 1 N–H and O–H groups in total. The van der Waals surface area contributed by atoms with Gasteiger partial charge in [-0.05, 0) is 37.3 Å². The van der Waals surface area contributed by atoms with Gasteiger partial charge >= 0.3 is 0 Å². The van der Waals surface area contributed by atoms with Crippen molar-refractivity contribution in [3.8, 4) is 16.0 Å². The minimum absolute atomic E-state index is 0.122. The third-order valence-electron chi connectivity index (χ3n) is 3.13. The van der Waals surface area contributed by atoms with E-state index >= 15 is 0 Å². The van der Waals surface area contributed by atoms with Crippen molar-refractivity contribution >= 4 is 45.9 Å². The van der Waals surface area contributed by atoms with E-state index in [1.54, 1.807) is 19.1 Å². The molecule has 0 spiro atoms. The number of aryl methyl sites for hydroxylation is 1. The van der Waals surface area contributed by atoms with Crippen LogP contribution in [0.25, 0.3) is 9.88 Å². The van der Waals surface area contributed by atoms with Crippen LogP contribution in [0.5, 0.6) is 0 Å². The van der Waals surface area contributed by atoms with Gasteiger partial charge in [-0.2, -0.15) is 5.26 Å². The van der Waals surface area contributed by atoms with Crippen molar-refractivity contribution < 1.29 is 9.18 Å². The van der Waals surface area contributed by atoms with E-state index in [4.69, 9.17) is 16.9 Å². The van der Waals surface area contributed by atoms with Gasteiger partial charge in [0.25, 0.3) is 5.91 Å². The summed E-state index contributed by atoms with van der Waals surface area (Å²) in [5, 5.41) is 12.2. The Bertz CT molecular complexity index is 974. The number of nitrogens with one attached hydrogen (secondary N) is 1. The number of halogens is 2. The minimum Gasteiger partial charge on any atom is -0.321 e. The number of carbonyl (C=O) groups is 1. The van der Waals surface area contributed by atoms with Gasteiger partial charge in [0.2, 0.25) is 0 Å². The molecule has 0 aliphatic heterocycles. The molecule has 0 fully saturated rings. The van der Waals surface area contributed by atoms with Crippen molar-refractivity contribution in [2.75, 3.05) is 5.32 Å². The van der Waals surface area contributed by atoms with Crippen molar-refractivity contribution in [2.45, 2.75) is 6.92 Å². The summed E-state index contributed by atoms with van der Waals surface area (Å²) in [5.74, 6) is -0.976. The van der Waals surface area contributed by atoms with Gasteiger partial charge < -0.3 is 5.32 Å². The van der Waals surface area contributed by atoms with Crippen LogP contribution < -0.4 is 5.32 Å². The van der Waals surface area contributed by atoms with E-state index in [1.807, 2.05) is 6.07 Å². The summed E-state index contributed by atoms with van der Waals surface area (Å²) in [4.78, 5) is 18.2. The van der Waals surface area contributed by atoms with Crippen LogP contribution in [0, 0.1) is 24.1 Å². The second-order valence-corrected chi connectivity index (χ2v) is 7.51. The van der Waals surface area contributed by atoms with Crippen LogP contribution in [-0.4, -0.2) is 10.9 Å². The zero-order chi connectivity index (χ0) is 17.3. The molecule has 1 amide bonds. The lowest BCUT2D eigenvalue weighted by atomic mass is 10.2. The molecule has 0 saturated heterocycles. The van der Waals surface area contributed by atoms with Crippen LogP contribution in [-0.2, 0) is 0 Å². The lowest BCUT2D eigenvalue weighted by Gasteiger charge is -2.04. The number of aromatic nitrogens is 1. The quantitative estimate of drug-likeness (QED) is 0.690. The molecule has 0 saturated carbocycles. The highest BCUT2D eigenvalue weighted by Gasteiger charge is 2.17. The van der Waals surface area contributed by atoms with Crippen molar-refractivity contribution in [3.63, 3.8) is 0 Å². The second-order valence-electron chi connectivity index (χ2n) is 4.80. The Hall–Kier alpha value is -2.27. The number of benzene rings is 1. The molecular formula is C16H9ClFN3OS2. The Morgan fingerprint density at radius 1 is 1.33 bits per heavy atom. The number of rotatable bonds is 3. The molecule has 0 aliphatic carbocycles. The van der Waals surface area contributed by atoms with E-state index in [-0.39, 0.29) is 11.5 Å². The van der Waals surface area contributed by atoms with Crippen molar-refractivity contribution in [1.82, 2.24) is 4.98 Å². The Morgan fingerprint density at radius 3 is 2.79 bits per heavy atom. The molecule has 0 radical (unpaired) electrons. The number of hydrogen-bond acceptors (Lipinski definition) is 5. The fraction of sp³-hybridized carbons (Fsp3) is 0.0625. The lowest BCUT2D eigenvalue weighted by molar-refractivity contribution is 0.103. The van der Waals surface area contributed by atoms with E-state index < -0.39 is 5.82 Å². The minimum atomic E-state index is -0.624. The average molecular weight is 378 g/mol. The van der Waals surface area contributed by atoms with Crippen molar-refractivity contribution in [2.24, 2.45) is 0 Å². The second kappa shape index (κ2) is 6.69. The normalized spacial score (nSPS) is 10.4. The highest BCUT2D eigenvalue weighted by Crippen LogP contribution is 2.35. The number of amides is 1. The van der Waals surface area contributed by atoms with Crippen LogP contribution in [0.15, 0.2) is 30.3 Å². The van der Waals surface area contributed by atoms with Gasteiger partial charge in [0, 0.05) is 5.69 Å². The Balaban J connectivity index is 1.86. The SMILES string of the molecule is Cc1nc(-c2ccc(Cl)s2)sc1C(=O)Nc1ccc(F)c(C#N)c1. The smallest absolute Gasteiger partial charge is 0.267 e. The zero-order valence-corrected chi connectivity index (χ0v) is 14.7. The molecule has 4 nitrogen and oxygen atoms in total. The van der Waals surface area contributed by atoms with E-state index in [0.717, 1.165) is 10.9 Å². The average Bonchev–Trinajstić information content (AvgIpc) is 3.15. The number of nitriles is 1. The van der Waals surface area contributed by atoms with Gasteiger partial charge in [-0.3, -0.25) is 4.79 Å². The van der Waals surface area contributed by atoms with Crippen LogP contribution in [0.4, 0.5) is 10.1 Å². The van der Waals surface area contributed by atoms with Crippen LogP contribution in [0.3, 0.4) is 0 Å². The lowest BCUT2D eigenvalue weighted by Crippen LogP contribution is -2.11. The predicted octanol–water partition coefficient (Wildman–Crippen LogP) is 5.10. The largest absolute Gasteiger partial charge is 0.321 e. The van der Waals surface area contributed by atoms with Gasteiger partial charge in [0.1, 0.15) is 21.8 Å². The molecule has 8 heteroatoms. The highest BCUT2D eigenvalue weighted by atomic mass is 35.5. The Morgan fingerprint density at radius 2 is 2.12 bits per heavy atom. The molecule has 3 rings (SSSR count). The summed E-state index contributed by atoms with van der Waals surface area (Å²) in [6, 6.07) is 9.22. The number of hydrogen-bond donors (Lipinski definition) is 1. The third-order valence-corrected chi connectivity index (χ3v) is 5.69. The molecule has 0 bridgehead atoms. The van der Waals surface area contributed by atoms with E-state index in [2.05, 4.69) is 10.3 Å². The standard InChI is InChI=1S/C16H9ClFN3OS2/c1-8-14(24-16(20-8)12-4-5-13(17)23-12)15(22)21-10-2-3-11(18)9(6-10)7-19/h2-6H,1H3,(H,21,22). The first kappa shape index (κ1) is 16.6. The summed E-state index contributed by atoms with van der Waals surface area (Å²) in [7, 11) is 0. The third kappa shape index (κ3) is 3.31. The van der Waals surface area contributed by atoms with Crippen LogP contribution >= 0.6 is 34.3 Å². The number of anilines is 1. The topological polar surface area (TPSA) is 65.8 Å². The van der Waals surface area contributed by atoms with Crippen LogP contribution in [0.2, 0.25) is 4.34 Å². The van der Waals surface area contributed by atoms with Gasteiger partial charge in [-0.1, -0.05) is 11.6 Å². The number of thiophene rings is 1. The first-order valence-corrected chi connectivity index (χ1v) is 8.73. The number of thiazole rings is 1. The van der Waals surface area contributed by atoms with Crippen molar-refractivity contribution in [3.05, 3.63) is 56.6 Å². The zero-order valence-electron chi connectivity index (χ0n) is 12.3. The maximum atomic E-state index is 13.3. The summed E-state index contributed by atoms with van der Waals surface area (Å²) < 4.78 is 14.0. The van der Waals surface area contributed by atoms with E-state index in [1.165, 1.54) is 34.8 Å². The van der Waals surface area contributed by atoms with Gasteiger partial charge in [0.05, 0.1) is 20.5 Å². The molecule has 0 aliphatic rings. The highest BCUT2D eigenvalue weighted by molar-refractivity contribution is 7.24. The first-order valence-electron chi connectivity index (χ1n) is 6.72. The first-order chi connectivity index (χ1) is 11.5. The number of nitrogens with zero attached hydrogens (tertiary/aromatic N) is 2. The van der Waals surface area contributed by atoms with E-state index in [9.17, 15) is 9.18 Å². The fourth-order valence-corrected chi connectivity index (χ4v) is 4.08. The van der Waals surface area contributed by atoms with Gasteiger partial charge in [0.15, 0.2) is 0 Å². The molecule has 24 heavy (non-hydrogen) atoms. The molecule has 1 aromatic carbocycles. The maximum absolute atomic E-state index is 13.3. The van der Waals surface area contributed by atoms with Gasteiger partial charge in [-0.15, -0.1) is 22.7 Å². The summed E-state index contributed by atoms with van der Waals surface area (Å²) >= 11 is 8.57. The Labute approximate surface area is 150 Å². The van der Waals surface area contributed by atoms with Gasteiger partial charge in [-0.25, -0.2) is 9.37 Å². The summed E-state index contributed by atoms with van der Waals surface area (Å²) in [6.07, 6.45) is 0. The molecule has 2 aromatic heterocycles.